The van der Waals surface area contributed by atoms with Crippen molar-refractivity contribution in [2.75, 3.05) is 6.54 Å². The molecule has 0 aliphatic heterocycles. The van der Waals surface area contributed by atoms with Crippen LogP contribution < -0.4 is 4.72 Å². The Morgan fingerprint density at radius 2 is 2.00 bits per heavy atom. The first-order valence-corrected chi connectivity index (χ1v) is 6.51. The number of ketones is 1. The van der Waals surface area contributed by atoms with Gasteiger partial charge in [-0.2, -0.15) is 0 Å². The quantitative estimate of drug-likeness (QED) is 0.916. The molecule has 0 amide bonds. The van der Waals surface area contributed by atoms with E-state index >= 15 is 0 Å². The second-order valence-electron chi connectivity index (χ2n) is 3.10. The molecule has 16 heavy (non-hydrogen) atoms. The minimum atomic E-state index is -3.80. The summed E-state index contributed by atoms with van der Waals surface area (Å²) in [5.74, 6) is -0.290. The van der Waals surface area contributed by atoms with Crippen molar-refractivity contribution in [2.45, 2.75) is 11.8 Å². The highest BCUT2D eigenvalue weighted by atomic mass is 35.5. The van der Waals surface area contributed by atoms with Crippen LogP contribution in [0.3, 0.4) is 0 Å². The van der Waals surface area contributed by atoms with Gasteiger partial charge in [-0.25, -0.2) is 13.1 Å². The summed E-state index contributed by atoms with van der Waals surface area (Å²) in [6.45, 7) is 1.01. The van der Waals surface area contributed by atoms with Gasteiger partial charge in [-0.3, -0.25) is 4.79 Å². The van der Waals surface area contributed by atoms with E-state index in [9.17, 15) is 13.2 Å². The molecular formula is C9H9Cl2NO3S. The van der Waals surface area contributed by atoms with Gasteiger partial charge in [-0.05, 0) is 25.1 Å². The molecule has 0 heterocycles. The van der Waals surface area contributed by atoms with Crippen molar-refractivity contribution in [3.05, 3.63) is 28.2 Å². The molecule has 4 nitrogen and oxygen atoms in total. The molecule has 1 aromatic carbocycles. The summed E-state index contributed by atoms with van der Waals surface area (Å²) in [4.78, 5) is 10.6. The van der Waals surface area contributed by atoms with Crippen LogP contribution in [0.4, 0.5) is 0 Å². The molecule has 1 N–H and O–H groups in total. The molecule has 88 valence electrons. The third-order valence-corrected chi connectivity index (χ3v) is 3.81. The molecule has 7 heteroatoms. The minimum Gasteiger partial charge on any atom is -0.299 e. The molecule has 0 saturated heterocycles. The topological polar surface area (TPSA) is 63.2 Å². The number of hydrogen-bond donors (Lipinski definition) is 1. The number of halogens is 2. The summed E-state index contributed by atoms with van der Waals surface area (Å²) in [6, 6.07) is 4.09. The smallest absolute Gasteiger partial charge is 0.242 e. The van der Waals surface area contributed by atoms with Crippen LogP contribution in [0.25, 0.3) is 0 Å². The highest BCUT2D eigenvalue weighted by Crippen LogP contribution is 2.24. The van der Waals surface area contributed by atoms with Gasteiger partial charge in [-0.15, -0.1) is 0 Å². The Hall–Kier alpha value is -0.620. The lowest BCUT2D eigenvalue weighted by molar-refractivity contribution is -0.115. The average Bonchev–Trinajstić information content (AvgIpc) is 2.19. The lowest BCUT2D eigenvalue weighted by atomic mass is 10.4. The molecule has 0 radical (unpaired) electrons. The van der Waals surface area contributed by atoms with Gasteiger partial charge in [0, 0.05) is 5.02 Å². The van der Waals surface area contributed by atoms with Crippen LogP contribution in [0.1, 0.15) is 6.92 Å². The summed E-state index contributed by atoms with van der Waals surface area (Å²) in [6.07, 6.45) is 0. The fourth-order valence-electron chi connectivity index (χ4n) is 0.958. The van der Waals surface area contributed by atoms with E-state index in [-0.39, 0.29) is 27.3 Å². The van der Waals surface area contributed by atoms with Crippen LogP contribution in [-0.4, -0.2) is 20.7 Å². The van der Waals surface area contributed by atoms with Crippen molar-refractivity contribution < 1.29 is 13.2 Å². The fourth-order valence-corrected chi connectivity index (χ4v) is 2.77. The number of carbonyl (C=O) groups is 1. The van der Waals surface area contributed by atoms with Crippen LogP contribution in [-0.2, 0) is 14.8 Å². The van der Waals surface area contributed by atoms with E-state index in [1.165, 1.54) is 25.1 Å². The maximum absolute atomic E-state index is 11.7. The van der Waals surface area contributed by atoms with E-state index in [1.807, 2.05) is 0 Å². The SMILES string of the molecule is CC(=O)CNS(=O)(=O)c1cc(Cl)ccc1Cl. The van der Waals surface area contributed by atoms with Crippen molar-refractivity contribution in [3.63, 3.8) is 0 Å². The van der Waals surface area contributed by atoms with Crippen molar-refractivity contribution >= 4 is 39.0 Å². The van der Waals surface area contributed by atoms with E-state index < -0.39 is 10.0 Å². The zero-order valence-corrected chi connectivity index (χ0v) is 10.7. The number of nitrogens with one attached hydrogen (secondary N) is 1. The van der Waals surface area contributed by atoms with Crippen molar-refractivity contribution in [3.8, 4) is 0 Å². The lowest BCUT2D eigenvalue weighted by Crippen LogP contribution is -2.28. The van der Waals surface area contributed by atoms with Gasteiger partial charge >= 0.3 is 0 Å². The van der Waals surface area contributed by atoms with Gasteiger partial charge in [-0.1, -0.05) is 23.2 Å². The largest absolute Gasteiger partial charge is 0.299 e. The minimum absolute atomic E-state index is 0.0560. The molecule has 0 spiro atoms. The number of rotatable bonds is 4. The molecule has 0 atom stereocenters. The number of Topliss-reactive ketones (excluding diaryl/α,β-unsaturated/α-hetero) is 1. The Kier molecular flexibility index (Phi) is 4.32. The molecular weight excluding hydrogens is 273 g/mol. The lowest BCUT2D eigenvalue weighted by Gasteiger charge is -2.07. The van der Waals surface area contributed by atoms with E-state index in [4.69, 9.17) is 23.2 Å². The van der Waals surface area contributed by atoms with Crippen molar-refractivity contribution in [1.82, 2.24) is 4.72 Å². The monoisotopic (exact) mass is 281 g/mol. The number of hydrogen-bond acceptors (Lipinski definition) is 3. The first kappa shape index (κ1) is 13.4. The standard InChI is InChI=1S/C9H9Cl2NO3S/c1-6(13)5-12-16(14,15)9-4-7(10)2-3-8(9)11/h2-4,12H,5H2,1H3. The second kappa shape index (κ2) is 5.14. The first-order chi connectivity index (χ1) is 7.33. The maximum atomic E-state index is 11.7. The Labute approximate surface area is 104 Å². The van der Waals surface area contributed by atoms with Gasteiger partial charge in [0.2, 0.25) is 10.0 Å². The number of benzene rings is 1. The maximum Gasteiger partial charge on any atom is 0.242 e. The molecule has 0 fully saturated rings. The zero-order valence-electron chi connectivity index (χ0n) is 8.33. The van der Waals surface area contributed by atoms with Crippen molar-refractivity contribution in [1.29, 1.82) is 0 Å². The molecule has 1 aromatic rings. The zero-order chi connectivity index (χ0) is 12.3. The predicted molar refractivity (Wildman–Crippen MR) is 62.3 cm³/mol. The van der Waals surface area contributed by atoms with Crippen LogP contribution in [0.5, 0.6) is 0 Å². The van der Waals surface area contributed by atoms with Gasteiger partial charge in [0.05, 0.1) is 11.6 Å². The third-order valence-electron chi connectivity index (χ3n) is 1.69. The van der Waals surface area contributed by atoms with E-state index in [2.05, 4.69) is 4.72 Å². The van der Waals surface area contributed by atoms with Gasteiger partial charge < -0.3 is 0 Å². The molecule has 0 bridgehead atoms. The Morgan fingerprint density at radius 1 is 1.38 bits per heavy atom. The molecule has 0 saturated carbocycles. The van der Waals surface area contributed by atoms with Gasteiger partial charge in [0.15, 0.2) is 0 Å². The summed E-state index contributed by atoms with van der Waals surface area (Å²) < 4.78 is 25.5. The molecule has 0 aliphatic carbocycles. The van der Waals surface area contributed by atoms with E-state index in [0.717, 1.165) is 0 Å². The summed E-state index contributed by atoms with van der Waals surface area (Å²) in [5, 5.41) is 0.313. The summed E-state index contributed by atoms with van der Waals surface area (Å²) in [5.41, 5.74) is 0. The van der Waals surface area contributed by atoms with Crippen molar-refractivity contribution in [2.24, 2.45) is 0 Å². The Bertz CT molecular complexity index is 513. The van der Waals surface area contributed by atoms with E-state index in [0.29, 0.717) is 0 Å². The predicted octanol–water partition coefficient (Wildman–Crippen LogP) is 1.86. The fraction of sp³-hybridized carbons (Fsp3) is 0.222. The van der Waals surface area contributed by atoms with Gasteiger partial charge in [0.1, 0.15) is 10.7 Å². The normalized spacial score (nSPS) is 11.4. The summed E-state index contributed by atoms with van der Waals surface area (Å²) in [7, 11) is -3.80. The van der Waals surface area contributed by atoms with Crippen LogP contribution in [0.15, 0.2) is 23.1 Å². The average molecular weight is 282 g/mol. The van der Waals surface area contributed by atoms with Crippen LogP contribution in [0.2, 0.25) is 10.0 Å². The highest BCUT2D eigenvalue weighted by molar-refractivity contribution is 7.89. The Balaban J connectivity index is 3.07. The molecule has 0 unspecified atom stereocenters. The molecule has 0 aliphatic rings. The van der Waals surface area contributed by atoms with Gasteiger partial charge in [0.25, 0.3) is 0 Å². The van der Waals surface area contributed by atoms with Crippen LogP contribution in [0, 0.1) is 0 Å². The highest BCUT2D eigenvalue weighted by Gasteiger charge is 2.18. The summed E-state index contributed by atoms with van der Waals surface area (Å²) >= 11 is 11.4. The van der Waals surface area contributed by atoms with Crippen LogP contribution >= 0.6 is 23.2 Å². The van der Waals surface area contributed by atoms with E-state index in [1.54, 1.807) is 0 Å². The Morgan fingerprint density at radius 3 is 2.56 bits per heavy atom. The molecule has 0 aromatic heterocycles. The second-order valence-corrected chi connectivity index (χ2v) is 5.68. The number of sulfonamides is 1. The first-order valence-electron chi connectivity index (χ1n) is 4.27. The molecule has 1 rings (SSSR count). The number of carbonyl (C=O) groups excluding carboxylic acids is 1. The third kappa shape index (κ3) is 3.45.